The Labute approximate surface area is 353 Å². The van der Waals surface area contributed by atoms with Gasteiger partial charge in [0.2, 0.25) is 0 Å². The van der Waals surface area contributed by atoms with Gasteiger partial charge < -0.3 is 13.9 Å². The first-order chi connectivity index (χ1) is 30.2. The van der Waals surface area contributed by atoms with Crippen LogP contribution >= 0.6 is 0 Å². The van der Waals surface area contributed by atoms with Gasteiger partial charge in [0, 0.05) is 55.7 Å². The van der Waals surface area contributed by atoms with E-state index in [1.807, 2.05) is 0 Å². The molecule has 3 nitrogen and oxygen atoms in total. The second-order valence-electron chi connectivity index (χ2n) is 15.7. The summed E-state index contributed by atoms with van der Waals surface area (Å²) < 4.78 is 9.11. The number of anilines is 3. The fourth-order valence-corrected chi connectivity index (χ4v) is 9.28. The zero-order chi connectivity index (χ0) is 40.3. The van der Waals surface area contributed by atoms with Crippen molar-refractivity contribution < 1.29 is 4.42 Å². The standard InChI is InChI=1S/C58H38N2O/c1-4-13-39(14-5-1)41-23-29-46(30-24-41)59(48-33-36-51-52-34-27-42-17-10-11-20-50(42)58(52)61-56(51)38-48)47-31-25-43(26-32-47)49-21-12-22-54-57(49)53-35-28-44(40-15-6-2-7-16-40)37-55(53)60(54)45-18-8-3-9-19-45/h1-38H. The molecule has 286 valence electrons. The van der Waals surface area contributed by atoms with E-state index in [0.717, 1.165) is 55.6 Å². The molecule has 0 bridgehead atoms. The number of fused-ring (bicyclic) bond motifs is 8. The Balaban J connectivity index is 1.00. The van der Waals surface area contributed by atoms with Gasteiger partial charge in [-0.2, -0.15) is 0 Å². The highest BCUT2D eigenvalue weighted by Crippen LogP contribution is 2.43. The summed E-state index contributed by atoms with van der Waals surface area (Å²) in [6, 6.07) is 82.8. The second kappa shape index (κ2) is 14.3. The Morgan fingerprint density at radius 2 is 0.918 bits per heavy atom. The van der Waals surface area contributed by atoms with Crippen LogP contribution in [0.2, 0.25) is 0 Å². The van der Waals surface area contributed by atoms with Crippen LogP contribution in [0.4, 0.5) is 17.1 Å². The van der Waals surface area contributed by atoms with Crippen molar-refractivity contribution in [2.75, 3.05) is 4.90 Å². The van der Waals surface area contributed by atoms with Gasteiger partial charge in [0.05, 0.1) is 11.0 Å². The predicted octanol–water partition coefficient (Wildman–Crippen LogP) is 16.3. The molecule has 0 spiro atoms. The largest absolute Gasteiger partial charge is 0.455 e. The van der Waals surface area contributed by atoms with Crippen molar-refractivity contribution in [3.05, 3.63) is 231 Å². The molecule has 3 heteroatoms. The van der Waals surface area contributed by atoms with E-state index < -0.39 is 0 Å². The van der Waals surface area contributed by atoms with Crippen molar-refractivity contribution in [3.8, 4) is 39.1 Å². The summed E-state index contributed by atoms with van der Waals surface area (Å²) in [5.74, 6) is 0. The Bertz CT molecular complexity index is 3550. The third-order valence-electron chi connectivity index (χ3n) is 12.2. The van der Waals surface area contributed by atoms with Crippen LogP contribution in [-0.2, 0) is 0 Å². The third-order valence-corrected chi connectivity index (χ3v) is 12.2. The SMILES string of the molecule is c1ccc(-c2ccc(N(c3ccc(-c4cccc5c4c4ccc(-c6ccccc6)cc4n5-c4ccccc4)cc3)c3ccc4c(c3)oc3c5ccccc5ccc43)cc2)cc1. The van der Waals surface area contributed by atoms with Crippen molar-refractivity contribution in [2.45, 2.75) is 0 Å². The minimum atomic E-state index is 0.864. The van der Waals surface area contributed by atoms with E-state index in [-0.39, 0.29) is 0 Å². The molecule has 12 aromatic rings. The van der Waals surface area contributed by atoms with Gasteiger partial charge in [-0.15, -0.1) is 0 Å². The number of nitrogens with zero attached hydrogens (tertiary/aromatic N) is 2. The molecular weight excluding hydrogens is 741 g/mol. The van der Waals surface area contributed by atoms with Gasteiger partial charge in [-0.05, 0) is 105 Å². The van der Waals surface area contributed by atoms with Crippen LogP contribution in [0.5, 0.6) is 0 Å². The first-order valence-corrected chi connectivity index (χ1v) is 20.8. The molecule has 2 heterocycles. The molecule has 0 aliphatic heterocycles. The summed E-state index contributed by atoms with van der Waals surface area (Å²) in [5, 5.41) is 7.00. The Morgan fingerprint density at radius 1 is 0.344 bits per heavy atom. The minimum absolute atomic E-state index is 0.864. The van der Waals surface area contributed by atoms with E-state index in [4.69, 9.17) is 4.42 Å². The highest BCUT2D eigenvalue weighted by molar-refractivity contribution is 6.17. The summed E-state index contributed by atoms with van der Waals surface area (Å²) in [5.41, 5.74) is 15.6. The molecule has 0 saturated carbocycles. The lowest BCUT2D eigenvalue weighted by atomic mass is 9.97. The van der Waals surface area contributed by atoms with E-state index in [2.05, 4.69) is 240 Å². The number of para-hydroxylation sites is 1. The molecule has 0 aliphatic rings. The van der Waals surface area contributed by atoms with Gasteiger partial charge in [-0.3, -0.25) is 0 Å². The van der Waals surface area contributed by atoms with Gasteiger partial charge in [0.15, 0.2) is 0 Å². The normalized spacial score (nSPS) is 11.6. The number of furan rings is 1. The third kappa shape index (κ3) is 5.90. The minimum Gasteiger partial charge on any atom is -0.455 e. The van der Waals surface area contributed by atoms with Crippen molar-refractivity contribution >= 4 is 71.6 Å². The molecule has 0 saturated heterocycles. The molecule has 0 N–H and O–H groups in total. The predicted molar refractivity (Wildman–Crippen MR) is 257 cm³/mol. The average Bonchev–Trinajstić information content (AvgIpc) is 3.88. The smallest absolute Gasteiger partial charge is 0.143 e. The molecule has 0 atom stereocenters. The maximum absolute atomic E-state index is 6.70. The molecule has 0 aliphatic carbocycles. The van der Waals surface area contributed by atoms with Crippen LogP contribution in [0.15, 0.2) is 235 Å². The quantitative estimate of drug-likeness (QED) is 0.161. The number of benzene rings is 10. The van der Waals surface area contributed by atoms with E-state index in [0.29, 0.717) is 0 Å². The zero-order valence-corrected chi connectivity index (χ0v) is 33.2. The summed E-state index contributed by atoms with van der Waals surface area (Å²) in [7, 11) is 0. The van der Waals surface area contributed by atoms with Crippen LogP contribution in [-0.4, -0.2) is 4.57 Å². The van der Waals surface area contributed by atoms with E-state index in [9.17, 15) is 0 Å². The summed E-state index contributed by atoms with van der Waals surface area (Å²) >= 11 is 0. The molecular formula is C58H38N2O. The summed E-state index contributed by atoms with van der Waals surface area (Å²) in [4.78, 5) is 2.33. The maximum atomic E-state index is 6.70. The van der Waals surface area contributed by atoms with Gasteiger partial charge in [-0.1, -0.05) is 158 Å². The fraction of sp³-hybridized carbons (Fsp3) is 0. The zero-order valence-electron chi connectivity index (χ0n) is 33.2. The fourth-order valence-electron chi connectivity index (χ4n) is 9.28. The Kier molecular flexibility index (Phi) is 8.17. The number of hydrogen-bond donors (Lipinski definition) is 0. The maximum Gasteiger partial charge on any atom is 0.143 e. The van der Waals surface area contributed by atoms with Crippen LogP contribution in [0.3, 0.4) is 0 Å². The lowest BCUT2D eigenvalue weighted by molar-refractivity contribution is 0.672. The molecule has 12 rings (SSSR count). The average molecular weight is 779 g/mol. The van der Waals surface area contributed by atoms with Crippen molar-refractivity contribution in [3.63, 3.8) is 0 Å². The molecule has 61 heavy (non-hydrogen) atoms. The number of hydrogen-bond acceptors (Lipinski definition) is 2. The number of rotatable bonds is 7. The highest BCUT2D eigenvalue weighted by Gasteiger charge is 2.20. The van der Waals surface area contributed by atoms with Crippen molar-refractivity contribution in [1.29, 1.82) is 0 Å². The van der Waals surface area contributed by atoms with Crippen molar-refractivity contribution in [2.24, 2.45) is 0 Å². The first kappa shape index (κ1) is 34.9. The van der Waals surface area contributed by atoms with E-state index >= 15 is 0 Å². The molecule has 2 aromatic heterocycles. The van der Waals surface area contributed by atoms with E-state index in [1.54, 1.807) is 0 Å². The molecule has 0 radical (unpaired) electrons. The number of aromatic nitrogens is 1. The summed E-state index contributed by atoms with van der Waals surface area (Å²) in [6.07, 6.45) is 0. The first-order valence-electron chi connectivity index (χ1n) is 20.8. The van der Waals surface area contributed by atoms with Gasteiger partial charge >= 0.3 is 0 Å². The monoisotopic (exact) mass is 778 g/mol. The van der Waals surface area contributed by atoms with Crippen LogP contribution in [0, 0.1) is 0 Å². The Hall–Kier alpha value is -8.14. The van der Waals surface area contributed by atoms with Crippen molar-refractivity contribution in [1.82, 2.24) is 4.57 Å². The van der Waals surface area contributed by atoms with Crippen LogP contribution in [0.1, 0.15) is 0 Å². The molecule has 0 fully saturated rings. The van der Waals surface area contributed by atoms with E-state index in [1.165, 1.54) is 55.0 Å². The Morgan fingerprint density at radius 3 is 1.66 bits per heavy atom. The lowest BCUT2D eigenvalue weighted by Gasteiger charge is -2.26. The van der Waals surface area contributed by atoms with Gasteiger partial charge in [0.25, 0.3) is 0 Å². The second-order valence-corrected chi connectivity index (χ2v) is 15.7. The topological polar surface area (TPSA) is 21.3 Å². The highest BCUT2D eigenvalue weighted by atomic mass is 16.3. The molecule has 0 amide bonds. The van der Waals surface area contributed by atoms with Crippen LogP contribution < -0.4 is 4.90 Å². The van der Waals surface area contributed by atoms with Crippen LogP contribution in [0.25, 0.3) is 93.6 Å². The molecule has 10 aromatic carbocycles. The lowest BCUT2D eigenvalue weighted by Crippen LogP contribution is -2.09. The molecule has 0 unspecified atom stereocenters. The summed E-state index contributed by atoms with van der Waals surface area (Å²) in [6.45, 7) is 0. The van der Waals surface area contributed by atoms with Gasteiger partial charge in [0.1, 0.15) is 11.2 Å². The van der Waals surface area contributed by atoms with Gasteiger partial charge in [-0.25, -0.2) is 0 Å².